The van der Waals surface area contributed by atoms with Crippen molar-refractivity contribution in [1.82, 2.24) is 9.80 Å². The summed E-state index contributed by atoms with van der Waals surface area (Å²) < 4.78 is 0. The van der Waals surface area contributed by atoms with Crippen LogP contribution < -0.4 is 5.73 Å². The van der Waals surface area contributed by atoms with Crippen LogP contribution in [-0.2, 0) is 4.79 Å². The van der Waals surface area contributed by atoms with Crippen molar-refractivity contribution in [2.75, 3.05) is 39.3 Å². The molecule has 0 aliphatic carbocycles. The fourth-order valence-corrected chi connectivity index (χ4v) is 1.93. The molecule has 0 spiro atoms. The first-order chi connectivity index (χ1) is 8.04. The van der Waals surface area contributed by atoms with Gasteiger partial charge in [0.1, 0.15) is 0 Å². The molecule has 0 aromatic heterocycles. The molecule has 0 aliphatic heterocycles. The number of hydrogen-bond acceptors (Lipinski definition) is 3. The largest absolute Gasteiger partial charge is 0.342 e. The van der Waals surface area contributed by atoms with Crippen LogP contribution in [0.2, 0.25) is 0 Å². The summed E-state index contributed by atoms with van der Waals surface area (Å²) in [7, 11) is 0. The average molecular weight is 243 g/mol. The van der Waals surface area contributed by atoms with Crippen LogP contribution in [0, 0.1) is 5.92 Å². The Balaban J connectivity index is 4.24. The summed E-state index contributed by atoms with van der Waals surface area (Å²) in [4.78, 5) is 16.1. The first-order valence-corrected chi connectivity index (χ1v) is 6.75. The summed E-state index contributed by atoms with van der Waals surface area (Å²) in [6, 6.07) is 0. The quantitative estimate of drug-likeness (QED) is 0.661. The first kappa shape index (κ1) is 16.4. The fourth-order valence-electron chi connectivity index (χ4n) is 1.93. The van der Waals surface area contributed by atoms with E-state index in [1.807, 2.05) is 18.7 Å². The summed E-state index contributed by atoms with van der Waals surface area (Å²) >= 11 is 0. The molecule has 0 bridgehead atoms. The fraction of sp³-hybridized carbons (Fsp3) is 0.923. The van der Waals surface area contributed by atoms with Crippen molar-refractivity contribution < 1.29 is 4.79 Å². The van der Waals surface area contributed by atoms with E-state index in [1.165, 1.54) is 0 Å². The summed E-state index contributed by atoms with van der Waals surface area (Å²) in [5, 5.41) is 0. The number of carbonyl (C=O) groups excluding carboxylic acids is 1. The van der Waals surface area contributed by atoms with Crippen LogP contribution in [0.1, 0.15) is 34.1 Å². The van der Waals surface area contributed by atoms with Crippen molar-refractivity contribution in [1.29, 1.82) is 0 Å². The SMILES string of the molecule is CCN(CC)C(=O)CN(CCCN)CC(C)C. The van der Waals surface area contributed by atoms with E-state index in [9.17, 15) is 4.79 Å². The minimum atomic E-state index is 0.229. The third-order valence-corrected chi connectivity index (χ3v) is 2.78. The molecule has 2 N–H and O–H groups in total. The predicted molar refractivity (Wildman–Crippen MR) is 72.9 cm³/mol. The smallest absolute Gasteiger partial charge is 0.236 e. The molecule has 0 aromatic rings. The van der Waals surface area contributed by atoms with E-state index >= 15 is 0 Å². The van der Waals surface area contributed by atoms with Gasteiger partial charge in [-0.15, -0.1) is 0 Å². The highest BCUT2D eigenvalue weighted by Crippen LogP contribution is 2.01. The van der Waals surface area contributed by atoms with E-state index < -0.39 is 0 Å². The number of rotatable bonds is 9. The Morgan fingerprint density at radius 1 is 1.24 bits per heavy atom. The van der Waals surface area contributed by atoms with E-state index in [0.29, 0.717) is 19.0 Å². The molecule has 0 rings (SSSR count). The Morgan fingerprint density at radius 2 is 1.82 bits per heavy atom. The molecule has 0 aliphatic rings. The minimum Gasteiger partial charge on any atom is -0.342 e. The lowest BCUT2D eigenvalue weighted by Gasteiger charge is -2.27. The second-order valence-electron chi connectivity index (χ2n) is 4.84. The third-order valence-electron chi connectivity index (χ3n) is 2.78. The lowest BCUT2D eigenvalue weighted by atomic mass is 10.2. The second kappa shape index (κ2) is 9.42. The molecule has 4 nitrogen and oxygen atoms in total. The molecule has 0 heterocycles. The van der Waals surface area contributed by atoms with Crippen LogP contribution in [0.25, 0.3) is 0 Å². The second-order valence-corrected chi connectivity index (χ2v) is 4.84. The molecule has 0 unspecified atom stereocenters. The molecule has 4 heteroatoms. The van der Waals surface area contributed by atoms with Gasteiger partial charge < -0.3 is 10.6 Å². The maximum Gasteiger partial charge on any atom is 0.236 e. The predicted octanol–water partition coefficient (Wildman–Crippen LogP) is 1.16. The van der Waals surface area contributed by atoms with Crippen LogP contribution in [0.15, 0.2) is 0 Å². The van der Waals surface area contributed by atoms with Gasteiger partial charge in [0.15, 0.2) is 0 Å². The van der Waals surface area contributed by atoms with Crippen molar-refractivity contribution in [3.05, 3.63) is 0 Å². The van der Waals surface area contributed by atoms with Crippen molar-refractivity contribution in [2.24, 2.45) is 11.7 Å². The minimum absolute atomic E-state index is 0.229. The monoisotopic (exact) mass is 243 g/mol. The first-order valence-electron chi connectivity index (χ1n) is 6.75. The number of carbonyl (C=O) groups is 1. The molecule has 0 atom stereocenters. The number of hydrogen-bond donors (Lipinski definition) is 1. The van der Waals surface area contributed by atoms with Crippen molar-refractivity contribution >= 4 is 5.91 Å². The van der Waals surface area contributed by atoms with E-state index in [1.54, 1.807) is 0 Å². The highest BCUT2D eigenvalue weighted by atomic mass is 16.2. The van der Waals surface area contributed by atoms with Crippen LogP contribution in [-0.4, -0.2) is 55.0 Å². The van der Waals surface area contributed by atoms with Crippen LogP contribution in [0.5, 0.6) is 0 Å². The van der Waals surface area contributed by atoms with Gasteiger partial charge in [0.05, 0.1) is 6.54 Å². The van der Waals surface area contributed by atoms with E-state index in [2.05, 4.69) is 18.7 Å². The molecule has 0 fully saturated rings. The zero-order chi connectivity index (χ0) is 13.3. The lowest BCUT2D eigenvalue weighted by Crippen LogP contribution is -2.42. The van der Waals surface area contributed by atoms with E-state index in [4.69, 9.17) is 5.73 Å². The number of amides is 1. The van der Waals surface area contributed by atoms with Crippen LogP contribution in [0.4, 0.5) is 0 Å². The Morgan fingerprint density at radius 3 is 2.24 bits per heavy atom. The molecule has 17 heavy (non-hydrogen) atoms. The van der Waals surface area contributed by atoms with Gasteiger partial charge in [0.2, 0.25) is 5.91 Å². The van der Waals surface area contributed by atoms with Gasteiger partial charge in [0.25, 0.3) is 0 Å². The topological polar surface area (TPSA) is 49.6 Å². The molecular formula is C13H29N3O. The van der Waals surface area contributed by atoms with Crippen LogP contribution >= 0.6 is 0 Å². The molecule has 0 saturated heterocycles. The Hall–Kier alpha value is -0.610. The molecule has 102 valence electrons. The molecule has 0 radical (unpaired) electrons. The van der Waals surface area contributed by atoms with E-state index in [0.717, 1.165) is 32.6 Å². The maximum absolute atomic E-state index is 12.0. The highest BCUT2D eigenvalue weighted by Gasteiger charge is 2.15. The Kier molecular flexibility index (Phi) is 9.09. The molecule has 1 amide bonds. The van der Waals surface area contributed by atoms with Gasteiger partial charge in [-0.2, -0.15) is 0 Å². The normalized spacial score (nSPS) is 11.2. The van der Waals surface area contributed by atoms with Gasteiger partial charge in [-0.05, 0) is 39.3 Å². The lowest BCUT2D eigenvalue weighted by molar-refractivity contribution is -0.132. The standard InChI is InChI=1S/C13H29N3O/c1-5-16(6-2)13(17)11-15(9-7-8-14)10-12(3)4/h12H,5-11,14H2,1-4H3. The number of likely N-dealkylation sites (N-methyl/N-ethyl adjacent to an activating group) is 1. The van der Waals surface area contributed by atoms with Gasteiger partial charge in [-0.1, -0.05) is 13.8 Å². The maximum atomic E-state index is 12.0. The van der Waals surface area contributed by atoms with Gasteiger partial charge in [-0.3, -0.25) is 9.69 Å². The summed E-state index contributed by atoms with van der Waals surface area (Å²) in [5.74, 6) is 0.810. The number of nitrogens with zero attached hydrogens (tertiary/aromatic N) is 2. The van der Waals surface area contributed by atoms with Gasteiger partial charge in [-0.25, -0.2) is 0 Å². The zero-order valence-corrected chi connectivity index (χ0v) is 11.9. The number of nitrogens with two attached hydrogens (primary N) is 1. The zero-order valence-electron chi connectivity index (χ0n) is 11.9. The summed E-state index contributed by atoms with van der Waals surface area (Å²) in [5.41, 5.74) is 5.53. The van der Waals surface area contributed by atoms with Gasteiger partial charge in [0, 0.05) is 19.6 Å². The van der Waals surface area contributed by atoms with Crippen molar-refractivity contribution in [2.45, 2.75) is 34.1 Å². The van der Waals surface area contributed by atoms with E-state index in [-0.39, 0.29) is 5.91 Å². The van der Waals surface area contributed by atoms with Crippen LogP contribution in [0.3, 0.4) is 0 Å². The molecule has 0 saturated carbocycles. The van der Waals surface area contributed by atoms with Gasteiger partial charge >= 0.3 is 0 Å². The van der Waals surface area contributed by atoms with Crippen molar-refractivity contribution in [3.8, 4) is 0 Å². The van der Waals surface area contributed by atoms with Crippen molar-refractivity contribution in [3.63, 3.8) is 0 Å². The molecular weight excluding hydrogens is 214 g/mol. The third kappa shape index (κ3) is 7.34. The molecule has 0 aromatic carbocycles. The Labute approximate surface area is 106 Å². The average Bonchev–Trinajstić information content (AvgIpc) is 2.26. The summed E-state index contributed by atoms with van der Waals surface area (Å²) in [6.07, 6.45) is 0.957. The summed E-state index contributed by atoms with van der Waals surface area (Å²) in [6.45, 7) is 13.1. The Bertz CT molecular complexity index is 203. The highest BCUT2D eigenvalue weighted by molar-refractivity contribution is 5.78.